The first-order valence-corrected chi connectivity index (χ1v) is 9.83. The Hall–Kier alpha value is 0.410. The molecule has 3 heteroatoms. The number of allylic oxidation sites excluding steroid dienone is 8. The maximum Gasteiger partial charge on any atom is -1.00 e. The summed E-state index contributed by atoms with van der Waals surface area (Å²) in [5, 5.41) is 0. The third-order valence-electron chi connectivity index (χ3n) is 3.53. The van der Waals surface area contributed by atoms with E-state index in [9.17, 15) is 0 Å². The van der Waals surface area contributed by atoms with Crippen molar-refractivity contribution in [1.29, 1.82) is 0 Å². The van der Waals surface area contributed by atoms with Crippen LogP contribution in [0, 0.1) is 0 Å². The molecular weight excluding hydrogens is 418 g/mol. The summed E-state index contributed by atoms with van der Waals surface area (Å²) in [6.45, 7) is 0. The van der Waals surface area contributed by atoms with E-state index in [4.69, 9.17) is 0 Å². The van der Waals surface area contributed by atoms with E-state index in [2.05, 4.69) is 30.4 Å². The van der Waals surface area contributed by atoms with E-state index < -0.39 is 22.9 Å². The molecule has 0 heterocycles. The summed E-state index contributed by atoms with van der Waals surface area (Å²) < 4.78 is 2.75. The van der Waals surface area contributed by atoms with Crippen molar-refractivity contribution in [3.8, 4) is 0 Å². The molecule has 90 valence electrons. The van der Waals surface area contributed by atoms with Crippen molar-refractivity contribution in [2.75, 3.05) is 0 Å². The minimum Gasteiger partial charge on any atom is -1.00 e. The molecule has 0 N–H and O–H groups in total. The number of hydrogen-bond donors (Lipinski definition) is 0. The van der Waals surface area contributed by atoms with E-state index in [0.29, 0.717) is 0 Å². The Kier molecular flexibility index (Phi) is 6.47. The van der Waals surface area contributed by atoms with E-state index in [1.807, 2.05) is 8.90 Å². The number of rotatable bonds is 2. The predicted molar refractivity (Wildman–Crippen MR) is 60.2 cm³/mol. The van der Waals surface area contributed by atoms with Gasteiger partial charge in [-0.15, -0.1) is 0 Å². The van der Waals surface area contributed by atoms with Crippen molar-refractivity contribution in [2.45, 2.75) is 35.8 Å². The van der Waals surface area contributed by atoms with E-state index in [0.717, 1.165) is 3.67 Å². The Morgan fingerprint density at radius 3 is 2.71 bits per heavy atom. The van der Waals surface area contributed by atoms with Crippen LogP contribution >= 0.6 is 0 Å². The van der Waals surface area contributed by atoms with Gasteiger partial charge < -0.3 is 24.8 Å². The average Bonchev–Trinajstić information content (AvgIpc) is 2.89. The number of halogens is 2. The third kappa shape index (κ3) is 3.45. The molecule has 1 atom stereocenters. The van der Waals surface area contributed by atoms with E-state index in [1.54, 1.807) is 5.57 Å². The molecule has 17 heavy (non-hydrogen) atoms. The van der Waals surface area contributed by atoms with Crippen LogP contribution in [-0.2, 0) is 22.9 Å². The fourth-order valence-corrected chi connectivity index (χ4v) is 8.19. The Balaban J connectivity index is 0.000000722. The SMILES string of the molecule is C1=CC[C]([Hf+2][CH]2C=CC3=C2CCCC3)=C1.[Cl-].[Cl-]. The van der Waals surface area contributed by atoms with E-state index in [-0.39, 0.29) is 24.8 Å². The summed E-state index contributed by atoms with van der Waals surface area (Å²) in [6.07, 6.45) is 18.8. The molecule has 0 nitrogen and oxygen atoms in total. The van der Waals surface area contributed by atoms with Crippen LogP contribution in [0.15, 0.2) is 44.9 Å². The molecule has 0 bridgehead atoms. The van der Waals surface area contributed by atoms with Crippen molar-refractivity contribution in [3.05, 3.63) is 44.9 Å². The first-order chi connectivity index (χ1) is 7.43. The largest absolute Gasteiger partial charge is 1.00 e. The van der Waals surface area contributed by atoms with Gasteiger partial charge in [0.05, 0.1) is 0 Å². The van der Waals surface area contributed by atoms with Gasteiger partial charge in [-0.25, -0.2) is 0 Å². The molecule has 0 aromatic heterocycles. The van der Waals surface area contributed by atoms with Gasteiger partial charge in [0, 0.05) is 0 Å². The molecule has 0 saturated carbocycles. The molecule has 0 aliphatic heterocycles. The van der Waals surface area contributed by atoms with E-state index in [1.165, 1.54) is 32.1 Å². The van der Waals surface area contributed by atoms with Crippen LogP contribution in [0.3, 0.4) is 0 Å². The second kappa shape index (κ2) is 7.11. The quantitative estimate of drug-likeness (QED) is 0.449. The standard InChI is InChI=1S/C9H11.C5H5.2ClH.Hf/c1-2-5-9-7-3-6-8(9)4-1;1-2-4-5-3-1;;;/h3,6-7H,1-2,4-5H2;1-3H,4H2;2*1H;/q;;;;+2/p-2. The van der Waals surface area contributed by atoms with Gasteiger partial charge in [0.15, 0.2) is 0 Å². The second-order valence-electron chi connectivity index (χ2n) is 4.56. The summed E-state index contributed by atoms with van der Waals surface area (Å²) in [5.74, 6) is 0. The van der Waals surface area contributed by atoms with Gasteiger partial charge in [0.1, 0.15) is 0 Å². The molecule has 0 aromatic rings. The van der Waals surface area contributed by atoms with E-state index >= 15 is 0 Å². The third-order valence-corrected chi connectivity index (χ3v) is 9.26. The predicted octanol–water partition coefficient (Wildman–Crippen LogP) is -1.85. The number of hydrogen-bond acceptors (Lipinski definition) is 0. The topological polar surface area (TPSA) is 0 Å². The van der Waals surface area contributed by atoms with Gasteiger partial charge in [-0.1, -0.05) is 0 Å². The molecule has 0 amide bonds. The Morgan fingerprint density at radius 2 is 1.94 bits per heavy atom. The molecule has 0 fully saturated rings. The maximum atomic E-state index is 2.53. The van der Waals surface area contributed by atoms with Crippen LogP contribution < -0.4 is 24.8 Å². The first-order valence-electron chi connectivity index (χ1n) is 5.96. The summed E-state index contributed by atoms with van der Waals surface area (Å²) >= 11 is -0.573. The van der Waals surface area contributed by atoms with Crippen LogP contribution in [0.1, 0.15) is 32.1 Å². The molecule has 1 unspecified atom stereocenters. The van der Waals surface area contributed by atoms with Gasteiger partial charge in [0.25, 0.3) is 0 Å². The van der Waals surface area contributed by atoms with Gasteiger partial charge in [-0.3, -0.25) is 0 Å². The molecule has 3 aliphatic rings. The van der Waals surface area contributed by atoms with Crippen molar-refractivity contribution < 1.29 is 47.7 Å². The summed E-state index contributed by atoms with van der Waals surface area (Å²) in [5.41, 5.74) is 3.56. The Morgan fingerprint density at radius 1 is 1.12 bits per heavy atom. The Bertz CT molecular complexity index is 391. The van der Waals surface area contributed by atoms with Crippen molar-refractivity contribution in [3.63, 3.8) is 0 Å². The monoisotopic (exact) mass is 434 g/mol. The summed E-state index contributed by atoms with van der Waals surface area (Å²) in [6, 6.07) is 0. The smallest absolute Gasteiger partial charge is 1.00 e. The molecular formula is C14H16Cl2Hf. The molecule has 3 rings (SSSR count). The molecule has 3 aliphatic carbocycles. The van der Waals surface area contributed by atoms with Crippen LogP contribution in [-0.4, -0.2) is 0 Å². The second-order valence-corrected chi connectivity index (χ2v) is 10.1. The molecule has 0 saturated heterocycles. The average molecular weight is 434 g/mol. The summed E-state index contributed by atoms with van der Waals surface area (Å²) in [4.78, 5) is 0. The zero-order valence-corrected chi connectivity index (χ0v) is 14.9. The fourth-order valence-electron chi connectivity index (χ4n) is 2.72. The van der Waals surface area contributed by atoms with Gasteiger partial charge in [-0.2, -0.15) is 0 Å². The van der Waals surface area contributed by atoms with Crippen LogP contribution in [0.5, 0.6) is 0 Å². The zero-order valence-electron chi connectivity index (χ0n) is 9.76. The zero-order chi connectivity index (χ0) is 10.1. The Labute approximate surface area is 127 Å². The van der Waals surface area contributed by atoms with Crippen molar-refractivity contribution in [2.24, 2.45) is 0 Å². The minimum atomic E-state index is -0.573. The van der Waals surface area contributed by atoms with Crippen molar-refractivity contribution in [1.82, 2.24) is 0 Å². The van der Waals surface area contributed by atoms with Crippen LogP contribution in [0.2, 0.25) is 3.67 Å². The van der Waals surface area contributed by atoms with Crippen molar-refractivity contribution >= 4 is 0 Å². The fraction of sp³-hybridized carbons (Fsp3) is 0.429. The summed E-state index contributed by atoms with van der Waals surface area (Å²) in [7, 11) is 0. The molecule has 0 aromatic carbocycles. The maximum absolute atomic E-state index is 2.53. The molecule has 0 spiro atoms. The minimum absolute atomic E-state index is 0. The van der Waals surface area contributed by atoms with Crippen LogP contribution in [0.25, 0.3) is 0 Å². The van der Waals surface area contributed by atoms with Gasteiger partial charge >= 0.3 is 104 Å². The normalized spacial score (nSPS) is 24.7. The molecule has 0 radical (unpaired) electrons. The van der Waals surface area contributed by atoms with Gasteiger partial charge in [-0.05, 0) is 0 Å². The van der Waals surface area contributed by atoms with Crippen LogP contribution in [0.4, 0.5) is 0 Å². The van der Waals surface area contributed by atoms with Gasteiger partial charge in [0.2, 0.25) is 0 Å². The first kappa shape index (κ1) is 15.5.